The Morgan fingerprint density at radius 1 is 1.10 bits per heavy atom. The molecule has 0 unspecified atom stereocenters. The van der Waals surface area contributed by atoms with Gasteiger partial charge in [0.1, 0.15) is 12.0 Å². The molecule has 30 heavy (non-hydrogen) atoms. The van der Waals surface area contributed by atoms with Crippen LogP contribution in [0.1, 0.15) is 21.9 Å². The quantitative estimate of drug-likeness (QED) is 0.651. The number of hydrogen-bond donors (Lipinski definition) is 1. The summed E-state index contributed by atoms with van der Waals surface area (Å²) in [6.45, 7) is 4.69. The zero-order valence-electron chi connectivity index (χ0n) is 17.1. The van der Waals surface area contributed by atoms with E-state index in [0.29, 0.717) is 24.7 Å². The molecule has 0 aliphatic carbocycles. The number of piperazine rings is 1. The summed E-state index contributed by atoms with van der Waals surface area (Å²) < 4.78 is 10.9. The fraction of sp³-hybridized carbons (Fsp3) is 0.304. The van der Waals surface area contributed by atoms with Gasteiger partial charge in [-0.05, 0) is 17.7 Å². The number of oxazole rings is 1. The fourth-order valence-electron chi connectivity index (χ4n) is 3.52. The summed E-state index contributed by atoms with van der Waals surface area (Å²) >= 11 is 0. The van der Waals surface area contributed by atoms with Gasteiger partial charge in [-0.15, -0.1) is 0 Å². The van der Waals surface area contributed by atoms with Gasteiger partial charge in [-0.2, -0.15) is 0 Å². The number of rotatable bonds is 7. The second-order valence-electron chi connectivity index (χ2n) is 7.26. The van der Waals surface area contributed by atoms with E-state index in [0.717, 1.165) is 37.5 Å². The molecular formula is C23H26N4O3. The lowest BCUT2D eigenvalue weighted by molar-refractivity contribution is 0.0945. The highest BCUT2D eigenvalue weighted by Crippen LogP contribution is 2.22. The summed E-state index contributed by atoms with van der Waals surface area (Å²) in [5.41, 5.74) is 2.53. The maximum atomic E-state index is 12.3. The topological polar surface area (TPSA) is 70.8 Å². The summed E-state index contributed by atoms with van der Waals surface area (Å²) in [4.78, 5) is 21.3. The van der Waals surface area contributed by atoms with E-state index in [1.54, 1.807) is 7.11 Å². The van der Waals surface area contributed by atoms with Crippen molar-refractivity contribution in [3.8, 4) is 5.75 Å². The van der Waals surface area contributed by atoms with Crippen molar-refractivity contribution in [3.05, 3.63) is 78.0 Å². The van der Waals surface area contributed by atoms with Gasteiger partial charge in [0.05, 0.1) is 13.7 Å². The highest BCUT2D eigenvalue weighted by atomic mass is 16.5. The summed E-state index contributed by atoms with van der Waals surface area (Å²) in [5, 5.41) is 2.87. The second-order valence-corrected chi connectivity index (χ2v) is 7.26. The number of anilines is 1. The van der Waals surface area contributed by atoms with Crippen LogP contribution in [-0.4, -0.2) is 49.1 Å². The van der Waals surface area contributed by atoms with Gasteiger partial charge < -0.3 is 19.4 Å². The van der Waals surface area contributed by atoms with Gasteiger partial charge in [0, 0.05) is 44.5 Å². The maximum absolute atomic E-state index is 12.3. The fourth-order valence-corrected chi connectivity index (χ4v) is 3.52. The van der Waals surface area contributed by atoms with Gasteiger partial charge in [-0.1, -0.05) is 36.4 Å². The summed E-state index contributed by atoms with van der Waals surface area (Å²) in [5.74, 6) is 1.21. The van der Waals surface area contributed by atoms with Crippen LogP contribution in [0.5, 0.6) is 5.75 Å². The average molecular weight is 406 g/mol. The van der Waals surface area contributed by atoms with E-state index in [2.05, 4.69) is 32.2 Å². The largest absolute Gasteiger partial charge is 0.497 e. The number of aromatic nitrogens is 1. The first-order valence-corrected chi connectivity index (χ1v) is 10.1. The maximum Gasteiger partial charge on any atom is 0.273 e. The third-order valence-corrected chi connectivity index (χ3v) is 5.23. The summed E-state index contributed by atoms with van der Waals surface area (Å²) in [6.07, 6.45) is 1.43. The van der Waals surface area contributed by atoms with E-state index in [-0.39, 0.29) is 5.91 Å². The average Bonchev–Trinajstić information content (AvgIpc) is 3.27. The number of hydrogen-bond acceptors (Lipinski definition) is 6. The third-order valence-electron chi connectivity index (χ3n) is 5.23. The highest BCUT2D eigenvalue weighted by Gasteiger charge is 2.20. The molecule has 1 saturated heterocycles. The normalized spacial score (nSPS) is 14.5. The Kier molecular flexibility index (Phi) is 6.29. The first kappa shape index (κ1) is 20.0. The summed E-state index contributed by atoms with van der Waals surface area (Å²) in [6, 6.07) is 17.9. The molecule has 1 aliphatic heterocycles. The van der Waals surface area contributed by atoms with Crippen LogP contribution in [0.3, 0.4) is 0 Å². The van der Waals surface area contributed by atoms with Gasteiger partial charge >= 0.3 is 0 Å². The molecule has 0 atom stereocenters. The molecule has 1 aromatic heterocycles. The van der Waals surface area contributed by atoms with Crippen molar-refractivity contribution < 1.29 is 13.9 Å². The number of nitrogens with zero attached hydrogens (tertiary/aromatic N) is 3. The molecule has 7 heteroatoms. The smallest absolute Gasteiger partial charge is 0.273 e. The van der Waals surface area contributed by atoms with Gasteiger partial charge in [0.15, 0.2) is 5.69 Å². The Balaban J connectivity index is 1.26. The SMILES string of the molecule is COc1cccc(N2CCN(Cc3nc(C(=O)NCc4ccccc4)co3)CC2)c1. The van der Waals surface area contributed by atoms with Gasteiger partial charge in [-0.25, -0.2) is 4.98 Å². The summed E-state index contributed by atoms with van der Waals surface area (Å²) in [7, 11) is 1.68. The second kappa shape index (κ2) is 9.45. The molecule has 156 valence electrons. The first-order chi connectivity index (χ1) is 14.7. The lowest BCUT2D eigenvalue weighted by Gasteiger charge is -2.35. The molecule has 1 amide bonds. The lowest BCUT2D eigenvalue weighted by Crippen LogP contribution is -2.46. The van der Waals surface area contributed by atoms with Crippen molar-refractivity contribution in [2.75, 3.05) is 38.2 Å². The van der Waals surface area contributed by atoms with Crippen LogP contribution in [0.25, 0.3) is 0 Å². The molecule has 1 aliphatic rings. The molecule has 4 rings (SSSR count). The minimum Gasteiger partial charge on any atom is -0.497 e. The molecule has 2 aromatic carbocycles. The van der Waals surface area contributed by atoms with Crippen molar-refractivity contribution in [2.45, 2.75) is 13.1 Å². The molecule has 2 heterocycles. The van der Waals surface area contributed by atoms with Crippen LogP contribution in [0, 0.1) is 0 Å². The van der Waals surface area contributed by atoms with Crippen molar-refractivity contribution >= 4 is 11.6 Å². The van der Waals surface area contributed by atoms with Crippen molar-refractivity contribution in [1.29, 1.82) is 0 Å². The van der Waals surface area contributed by atoms with Crippen LogP contribution >= 0.6 is 0 Å². The first-order valence-electron chi connectivity index (χ1n) is 10.1. The predicted octanol–water partition coefficient (Wildman–Crippen LogP) is 2.94. The van der Waals surface area contributed by atoms with E-state index in [9.17, 15) is 4.79 Å². The van der Waals surface area contributed by atoms with E-state index in [1.165, 1.54) is 12.0 Å². The van der Waals surface area contributed by atoms with E-state index >= 15 is 0 Å². The Labute approximate surface area is 176 Å². The monoisotopic (exact) mass is 406 g/mol. The number of nitrogens with one attached hydrogen (secondary N) is 1. The Bertz CT molecular complexity index is 965. The number of amides is 1. The standard InChI is InChI=1S/C23H26N4O3/c1-29-20-9-5-8-19(14-20)27-12-10-26(11-13-27)16-22-25-21(17-30-22)23(28)24-15-18-6-3-2-4-7-18/h2-9,14,17H,10-13,15-16H2,1H3,(H,24,28). The van der Waals surface area contributed by atoms with Crippen molar-refractivity contribution in [3.63, 3.8) is 0 Å². The zero-order valence-corrected chi connectivity index (χ0v) is 17.1. The van der Waals surface area contributed by atoms with Crippen LogP contribution in [0.4, 0.5) is 5.69 Å². The highest BCUT2D eigenvalue weighted by molar-refractivity contribution is 5.91. The van der Waals surface area contributed by atoms with Crippen LogP contribution < -0.4 is 15.0 Å². The minimum atomic E-state index is -0.225. The number of carbonyl (C=O) groups is 1. The van der Waals surface area contributed by atoms with Crippen LogP contribution in [0.15, 0.2) is 65.3 Å². The molecule has 1 N–H and O–H groups in total. The van der Waals surface area contributed by atoms with E-state index in [1.807, 2.05) is 42.5 Å². The minimum absolute atomic E-state index is 0.225. The molecule has 3 aromatic rings. The van der Waals surface area contributed by atoms with Gasteiger partial charge in [-0.3, -0.25) is 9.69 Å². The number of ether oxygens (including phenoxy) is 1. The molecule has 0 bridgehead atoms. The Morgan fingerprint density at radius 2 is 1.90 bits per heavy atom. The molecule has 7 nitrogen and oxygen atoms in total. The molecule has 1 fully saturated rings. The number of methoxy groups -OCH3 is 1. The predicted molar refractivity (Wildman–Crippen MR) is 115 cm³/mol. The van der Waals surface area contributed by atoms with Crippen LogP contribution in [0.2, 0.25) is 0 Å². The van der Waals surface area contributed by atoms with Crippen molar-refractivity contribution in [1.82, 2.24) is 15.2 Å². The van der Waals surface area contributed by atoms with Gasteiger partial charge in [0.25, 0.3) is 5.91 Å². The number of benzene rings is 2. The molecule has 0 radical (unpaired) electrons. The van der Waals surface area contributed by atoms with E-state index < -0.39 is 0 Å². The third kappa shape index (κ3) is 4.99. The molecule has 0 spiro atoms. The Morgan fingerprint density at radius 3 is 2.67 bits per heavy atom. The zero-order chi connectivity index (χ0) is 20.8. The molecular weight excluding hydrogens is 380 g/mol. The van der Waals surface area contributed by atoms with Crippen molar-refractivity contribution in [2.24, 2.45) is 0 Å². The van der Waals surface area contributed by atoms with E-state index in [4.69, 9.17) is 9.15 Å². The Hall–Kier alpha value is -3.32. The van der Waals surface area contributed by atoms with Gasteiger partial charge in [0.2, 0.25) is 5.89 Å². The number of carbonyl (C=O) groups excluding carboxylic acids is 1. The molecule has 0 saturated carbocycles. The lowest BCUT2D eigenvalue weighted by atomic mass is 10.2. The van der Waals surface area contributed by atoms with Crippen LogP contribution in [-0.2, 0) is 13.1 Å².